The van der Waals surface area contributed by atoms with Crippen LogP contribution in [0.25, 0.3) is 0 Å². The molecule has 18 heavy (non-hydrogen) atoms. The molecule has 94 valence electrons. The van der Waals surface area contributed by atoms with Crippen molar-refractivity contribution in [2.24, 2.45) is 0 Å². The molecule has 0 saturated carbocycles. The fraction of sp³-hybridized carbons (Fsp3) is 0.200. The fourth-order valence-corrected chi connectivity index (χ4v) is 1.81. The van der Waals surface area contributed by atoms with Crippen molar-refractivity contribution >= 4 is 5.69 Å². The van der Waals surface area contributed by atoms with Crippen LogP contribution in [0.4, 0.5) is 5.69 Å². The summed E-state index contributed by atoms with van der Waals surface area (Å²) in [5, 5.41) is 10.3. The summed E-state index contributed by atoms with van der Waals surface area (Å²) < 4.78 is 5.09. The van der Waals surface area contributed by atoms with Crippen molar-refractivity contribution in [2.45, 2.75) is 13.0 Å². The third-order valence-electron chi connectivity index (χ3n) is 3.05. The zero-order valence-corrected chi connectivity index (χ0v) is 10.6. The summed E-state index contributed by atoms with van der Waals surface area (Å²) in [4.78, 5) is 0. The van der Waals surface area contributed by atoms with Gasteiger partial charge in [0.15, 0.2) is 0 Å². The van der Waals surface area contributed by atoms with Crippen LogP contribution in [-0.4, -0.2) is 12.2 Å². The Morgan fingerprint density at radius 3 is 2.22 bits per heavy atom. The van der Waals surface area contributed by atoms with Crippen molar-refractivity contribution in [3.63, 3.8) is 0 Å². The van der Waals surface area contributed by atoms with E-state index in [9.17, 15) is 5.11 Å². The average molecular weight is 243 g/mol. The van der Waals surface area contributed by atoms with Gasteiger partial charge in [-0.15, -0.1) is 0 Å². The molecule has 0 unspecified atom stereocenters. The third kappa shape index (κ3) is 2.46. The SMILES string of the molecule is COc1ccc([C@H](O)c2ccc(C)c(N)c2)cc1. The molecule has 0 fully saturated rings. The van der Waals surface area contributed by atoms with Crippen LogP contribution in [0.1, 0.15) is 22.8 Å². The van der Waals surface area contributed by atoms with Crippen molar-refractivity contribution in [2.75, 3.05) is 12.8 Å². The molecule has 0 saturated heterocycles. The molecule has 0 aliphatic heterocycles. The average Bonchev–Trinajstić information content (AvgIpc) is 2.41. The van der Waals surface area contributed by atoms with E-state index in [1.54, 1.807) is 7.11 Å². The minimum absolute atomic E-state index is 0.668. The Hall–Kier alpha value is -2.00. The first kappa shape index (κ1) is 12.5. The fourth-order valence-electron chi connectivity index (χ4n) is 1.81. The smallest absolute Gasteiger partial charge is 0.118 e. The minimum atomic E-state index is -0.668. The Morgan fingerprint density at radius 2 is 1.67 bits per heavy atom. The molecule has 3 N–H and O–H groups in total. The number of nitrogens with two attached hydrogens (primary N) is 1. The van der Waals surface area contributed by atoms with Gasteiger partial charge in [0.2, 0.25) is 0 Å². The van der Waals surface area contributed by atoms with Crippen molar-refractivity contribution < 1.29 is 9.84 Å². The van der Waals surface area contributed by atoms with E-state index in [0.29, 0.717) is 5.69 Å². The van der Waals surface area contributed by atoms with Gasteiger partial charge in [0.1, 0.15) is 11.9 Å². The first-order valence-corrected chi connectivity index (χ1v) is 5.80. The molecule has 2 aromatic rings. The largest absolute Gasteiger partial charge is 0.497 e. The van der Waals surface area contributed by atoms with Crippen LogP contribution in [0.2, 0.25) is 0 Å². The highest BCUT2D eigenvalue weighted by Crippen LogP contribution is 2.26. The van der Waals surface area contributed by atoms with Crippen molar-refractivity contribution in [3.05, 3.63) is 59.2 Å². The Kier molecular flexibility index (Phi) is 3.53. The zero-order valence-electron chi connectivity index (χ0n) is 10.6. The van der Waals surface area contributed by atoms with E-state index in [1.807, 2.05) is 49.4 Å². The molecular weight excluding hydrogens is 226 g/mol. The van der Waals surface area contributed by atoms with Crippen molar-refractivity contribution in [1.82, 2.24) is 0 Å². The van der Waals surface area contributed by atoms with Crippen LogP contribution in [0.3, 0.4) is 0 Å². The van der Waals surface area contributed by atoms with Gasteiger partial charge in [0.25, 0.3) is 0 Å². The summed E-state index contributed by atoms with van der Waals surface area (Å²) in [5.74, 6) is 0.773. The molecule has 0 amide bonds. The zero-order chi connectivity index (χ0) is 13.1. The van der Waals surface area contributed by atoms with Gasteiger partial charge in [0, 0.05) is 5.69 Å². The number of hydrogen-bond acceptors (Lipinski definition) is 3. The topological polar surface area (TPSA) is 55.5 Å². The molecule has 0 spiro atoms. The monoisotopic (exact) mass is 243 g/mol. The second-order valence-corrected chi connectivity index (χ2v) is 4.29. The molecule has 3 nitrogen and oxygen atoms in total. The molecule has 0 aliphatic carbocycles. The standard InChI is InChI=1S/C15H17NO2/c1-10-3-4-12(9-14(10)16)15(17)11-5-7-13(18-2)8-6-11/h3-9,15,17H,16H2,1-2H3/t15-/m0/s1. The summed E-state index contributed by atoms with van der Waals surface area (Å²) in [6.45, 7) is 1.94. The second kappa shape index (κ2) is 5.10. The molecular formula is C15H17NO2. The van der Waals surface area contributed by atoms with Crippen molar-refractivity contribution in [3.8, 4) is 5.75 Å². The van der Waals surface area contributed by atoms with Crippen LogP contribution in [0.5, 0.6) is 5.75 Å². The molecule has 2 aromatic carbocycles. The van der Waals surface area contributed by atoms with E-state index < -0.39 is 6.10 Å². The summed E-state index contributed by atoms with van der Waals surface area (Å²) in [5.41, 5.74) is 9.17. The maximum atomic E-state index is 10.3. The molecule has 0 radical (unpaired) electrons. The lowest BCUT2D eigenvalue weighted by molar-refractivity contribution is 0.220. The summed E-state index contributed by atoms with van der Waals surface area (Å²) >= 11 is 0. The maximum Gasteiger partial charge on any atom is 0.118 e. The number of aryl methyl sites for hydroxylation is 1. The van der Waals surface area contributed by atoms with Crippen molar-refractivity contribution in [1.29, 1.82) is 0 Å². The second-order valence-electron chi connectivity index (χ2n) is 4.29. The molecule has 3 heteroatoms. The molecule has 0 aliphatic rings. The number of anilines is 1. The Labute approximate surface area is 107 Å². The van der Waals surface area contributed by atoms with Crippen LogP contribution in [0, 0.1) is 6.92 Å². The van der Waals surface area contributed by atoms with Gasteiger partial charge in [-0.2, -0.15) is 0 Å². The number of ether oxygens (including phenoxy) is 1. The van der Waals surface area contributed by atoms with E-state index in [2.05, 4.69) is 0 Å². The molecule has 1 atom stereocenters. The maximum absolute atomic E-state index is 10.3. The number of rotatable bonds is 3. The summed E-state index contributed by atoms with van der Waals surface area (Å²) in [7, 11) is 1.62. The normalized spacial score (nSPS) is 12.2. The lowest BCUT2D eigenvalue weighted by Gasteiger charge is -2.13. The molecule has 2 rings (SSSR count). The number of methoxy groups -OCH3 is 1. The highest BCUT2D eigenvalue weighted by atomic mass is 16.5. The van der Waals surface area contributed by atoms with E-state index in [-0.39, 0.29) is 0 Å². The quantitative estimate of drug-likeness (QED) is 0.815. The van der Waals surface area contributed by atoms with Crippen LogP contribution >= 0.6 is 0 Å². The van der Waals surface area contributed by atoms with Gasteiger partial charge in [-0.1, -0.05) is 24.3 Å². The van der Waals surface area contributed by atoms with Crippen LogP contribution < -0.4 is 10.5 Å². The predicted molar refractivity (Wildman–Crippen MR) is 72.6 cm³/mol. The number of benzene rings is 2. The first-order chi connectivity index (χ1) is 8.61. The van der Waals surface area contributed by atoms with E-state index >= 15 is 0 Å². The number of hydrogen-bond donors (Lipinski definition) is 2. The van der Waals surface area contributed by atoms with E-state index in [4.69, 9.17) is 10.5 Å². The number of nitrogen functional groups attached to an aromatic ring is 1. The van der Waals surface area contributed by atoms with Crippen LogP contribution in [0.15, 0.2) is 42.5 Å². The Bertz CT molecular complexity index is 535. The van der Waals surface area contributed by atoms with Gasteiger partial charge < -0.3 is 15.6 Å². The lowest BCUT2D eigenvalue weighted by atomic mass is 9.99. The lowest BCUT2D eigenvalue weighted by Crippen LogP contribution is -2.01. The molecule has 0 heterocycles. The minimum Gasteiger partial charge on any atom is -0.497 e. The number of aliphatic hydroxyl groups is 1. The third-order valence-corrected chi connectivity index (χ3v) is 3.05. The van der Waals surface area contributed by atoms with E-state index in [0.717, 1.165) is 22.4 Å². The van der Waals surface area contributed by atoms with Gasteiger partial charge in [0.05, 0.1) is 7.11 Å². The van der Waals surface area contributed by atoms with Gasteiger partial charge in [-0.25, -0.2) is 0 Å². The first-order valence-electron chi connectivity index (χ1n) is 5.80. The Balaban J connectivity index is 2.28. The Morgan fingerprint density at radius 1 is 1.06 bits per heavy atom. The van der Waals surface area contributed by atoms with Crippen LogP contribution in [-0.2, 0) is 0 Å². The van der Waals surface area contributed by atoms with E-state index in [1.165, 1.54) is 0 Å². The summed E-state index contributed by atoms with van der Waals surface area (Å²) in [6.07, 6.45) is -0.668. The van der Waals surface area contributed by atoms with Gasteiger partial charge in [-0.3, -0.25) is 0 Å². The van der Waals surface area contributed by atoms with Gasteiger partial charge >= 0.3 is 0 Å². The molecule has 0 aromatic heterocycles. The highest BCUT2D eigenvalue weighted by Gasteiger charge is 2.11. The highest BCUT2D eigenvalue weighted by molar-refractivity contribution is 5.50. The summed E-state index contributed by atoms with van der Waals surface area (Å²) in [6, 6.07) is 13.0. The predicted octanol–water partition coefficient (Wildman–Crippen LogP) is 2.67. The number of aliphatic hydroxyl groups excluding tert-OH is 1. The van der Waals surface area contributed by atoms with Gasteiger partial charge in [-0.05, 0) is 41.8 Å². The molecule has 0 bridgehead atoms.